The molecule has 0 aliphatic carbocycles. The van der Waals surface area contributed by atoms with Gasteiger partial charge in [-0.25, -0.2) is 4.98 Å². The van der Waals surface area contributed by atoms with Crippen LogP contribution in [0.1, 0.15) is 19.2 Å². The van der Waals surface area contributed by atoms with Gasteiger partial charge < -0.3 is 14.2 Å². The van der Waals surface area contributed by atoms with E-state index in [4.69, 9.17) is 4.42 Å². The Labute approximate surface area is 180 Å². The maximum absolute atomic E-state index is 13.0. The Morgan fingerprint density at radius 3 is 2.73 bits per heavy atom. The minimum atomic E-state index is 0.0963. The first-order chi connectivity index (χ1) is 14.7. The van der Waals surface area contributed by atoms with Crippen molar-refractivity contribution in [1.82, 2.24) is 25.0 Å². The predicted octanol–water partition coefficient (Wildman–Crippen LogP) is 2.75. The van der Waals surface area contributed by atoms with Crippen molar-refractivity contribution >= 4 is 23.1 Å². The molecule has 0 aromatic carbocycles. The fourth-order valence-electron chi connectivity index (χ4n) is 3.51. The van der Waals surface area contributed by atoms with E-state index in [2.05, 4.69) is 31.9 Å². The molecule has 0 unspecified atom stereocenters. The van der Waals surface area contributed by atoms with E-state index in [9.17, 15) is 4.79 Å². The van der Waals surface area contributed by atoms with Gasteiger partial charge in [-0.15, -0.1) is 21.5 Å². The highest BCUT2D eigenvalue weighted by molar-refractivity contribution is 7.13. The smallest absolute Gasteiger partial charge is 0.257 e. The molecule has 1 saturated heterocycles. The van der Waals surface area contributed by atoms with E-state index in [0.717, 1.165) is 43.3 Å². The minimum absolute atomic E-state index is 0.0963. The molecule has 1 amide bonds. The van der Waals surface area contributed by atoms with E-state index in [1.807, 2.05) is 46.8 Å². The van der Waals surface area contributed by atoms with Gasteiger partial charge in [-0.3, -0.25) is 9.69 Å². The molecule has 0 atom stereocenters. The van der Waals surface area contributed by atoms with E-state index in [-0.39, 0.29) is 5.91 Å². The van der Waals surface area contributed by atoms with E-state index in [1.54, 1.807) is 11.3 Å². The van der Waals surface area contributed by atoms with Crippen LogP contribution in [0.2, 0.25) is 0 Å². The molecule has 30 heavy (non-hydrogen) atoms. The molecule has 0 saturated carbocycles. The highest BCUT2D eigenvalue weighted by Gasteiger charge is 2.23. The third-order valence-corrected chi connectivity index (χ3v) is 5.93. The Bertz CT molecular complexity index is 922. The van der Waals surface area contributed by atoms with Gasteiger partial charge in [-0.1, -0.05) is 19.1 Å². The van der Waals surface area contributed by atoms with Crippen LogP contribution >= 0.6 is 11.3 Å². The van der Waals surface area contributed by atoms with Gasteiger partial charge in [0.15, 0.2) is 0 Å². The molecule has 158 valence electrons. The molecule has 0 spiro atoms. The molecule has 1 fully saturated rings. The van der Waals surface area contributed by atoms with E-state index < -0.39 is 0 Å². The normalized spacial score (nSPS) is 14.8. The minimum Gasteiger partial charge on any atom is -0.418 e. The Kier molecular flexibility index (Phi) is 6.70. The standard InChI is InChI=1S/C21H26N6O2S/c1-2-9-27(15-19-23-24-21(29-19)17-6-5-14-30-17)20(28)16-25-10-12-26(13-11-25)18-7-3-4-8-22-18/h3-8,14H,2,9-13,15-16H2,1H3. The van der Waals surface area contributed by atoms with Crippen LogP contribution in [0, 0.1) is 0 Å². The predicted molar refractivity (Wildman–Crippen MR) is 116 cm³/mol. The molecular formula is C21H26N6O2S. The first-order valence-electron chi connectivity index (χ1n) is 10.3. The Morgan fingerprint density at radius 1 is 1.17 bits per heavy atom. The molecule has 9 heteroatoms. The number of carbonyl (C=O) groups excluding carboxylic acids is 1. The lowest BCUT2D eigenvalue weighted by Gasteiger charge is -2.35. The van der Waals surface area contributed by atoms with Crippen molar-refractivity contribution in [2.45, 2.75) is 19.9 Å². The zero-order valence-electron chi connectivity index (χ0n) is 17.1. The molecule has 0 N–H and O–H groups in total. The number of piperazine rings is 1. The molecule has 0 radical (unpaired) electrons. The summed E-state index contributed by atoms with van der Waals surface area (Å²) in [4.78, 5) is 24.6. The SMILES string of the molecule is CCCN(Cc1nnc(-c2cccs2)o1)C(=O)CN1CCN(c2ccccn2)CC1. The van der Waals surface area contributed by atoms with Crippen molar-refractivity contribution in [2.24, 2.45) is 0 Å². The molecule has 3 aromatic rings. The number of thiophene rings is 1. The first-order valence-corrected chi connectivity index (χ1v) is 11.1. The van der Waals surface area contributed by atoms with Crippen LogP contribution in [0.3, 0.4) is 0 Å². The van der Waals surface area contributed by atoms with Gasteiger partial charge in [-0.2, -0.15) is 0 Å². The summed E-state index contributed by atoms with van der Waals surface area (Å²) in [6.07, 6.45) is 2.69. The zero-order valence-corrected chi connectivity index (χ0v) is 17.9. The van der Waals surface area contributed by atoms with Crippen molar-refractivity contribution in [1.29, 1.82) is 0 Å². The number of aromatic nitrogens is 3. The van der Waals surface area contributed by atoms with Crippen LogP contribution in [0.4, 0.5) is 5.82 Å². The highest BCUT2D eigenvalue weighted by atomic mass is 32.1. The molecule has 3 aromatic heterocycles. The Hall–Kier alpha value is -2.78. The summed E-state index contributed by atoms with van der Waals surface area (Å²) in [6, 6.07) is 9.85. The Morgan fingerprint density at radius 2 is 2.03 bits per heavy atom. The average Bonchev–Trinajstić information content (AvgIpc) is 3.47. The van der Waals surface area contributed by atoms with Crippen molar-refractivity contribution in [3.63, 3.8) is 0 Å². The van der Waals surface area contributed by atoms with E-state index in [1.165, 1.54) is 0 Å². The third kappa shape index (κ3) is 5.03. The quantitative estimate of drug-likeness (QED) is 0.548. The number of carbonyl (C=O) groups is 1. The number of hydrogen-bond donors (Lipinski definition) is 0. The fraction of sp³-hybridized carbons (Fsp3) is 0.429. The van der Waals surface area contributed by atoms with Gasteiger partial charge in [0.05, 0.1) is 18.0 Å². The summed E-state index contributed by atoms with van der Waals surface area (Å²) in [5.74, 6) is 2.07. The van der Waals surface area contributed by atoms with Crippen molar-refractivity contribution in [2.75, 3.05) is 44.2 Å². The molecule has 4 rings (SSSR count). The van der Waals surface area contributed by atoms with Gasteiger partial charge in [0, 0.05) is 38.9 Å². The number of amides is 1. The lowest BCUT2D eigenvalue weighted by atomic mass is 10.3. The summed E-state index contributed by atoms with van der Waals surface area (Å²) < 4.78 is 5.78. The van der Waals surface area contributed by atoms with E-state index in [0.29, 0.717) is 31.4 Å². The van der Waals surface area contributed by atoms with Gasteiger partial charge in [-0.05, 0) is 30.0 Å². The summed E-state index contributed by atoms with van der Waals surface area (Å²) in [5.41, 5.74) is 0. The average molecular weight is 427 g/mol. The monoisotopic (exact) mass is 426 g/mol. The van der Waals surface area contributed by atoms with Gasteiger partial charge in [0.1, 0.15) is 5.82 Å². The van der Waals surface area contributed by atoms with Crippen LogP contribution in [-0.4, -0.2) is 70.2 Å². The highest BCUT2D eigenvalue weighted by Crippen LogP contribution is 2.23. The van der Waals surface area contributed by atoms with Crippen LogP contribution < -0.4 is 4.90 Å². The third-order valence-electron chi connectivity index (χ3n) is 5.08. The molecule has 8 nitrogen and oxygen atoms in total. The molecular weight excluding hydrogens is 400 g/mol. The lowest BCUT2D eigenvalue weighted by Crippen LogP contribution is -2.50. The van der Waals surface area contributed by atoms with Crippen molar-refractivity contribution in [3.05, 3.63) is 47.8 Å². The number of hydrogen-bond acceptors (Lipinski definition) is 8. The van der Waals surface area contributed by atoms with Crippen LogP contribution in [0.25, 0.3) is 10.8 Å². The van der Waals surface area contributed by atoms with Gasteiger partial charge in [0.2, 0.25) is 11.8 Å². The summed E-state index contributed by atoms with van der Waals surface area (Å²) in [6.45, 7) is 6.90. The van der Waals surface area contributed by atoms with Gasteiger partial charge in [0.25, 0.3) is 5.89 Å². The van der Waals surface area contributed by atoms with Crippen molar-refractivity contribution < 1.29 is 9.21 Å². The number of rotatable bonds is 8. The second kappa shape index (κ2) is 9.82. The summed E-state index contributed by atoms with van der Waals surface area (Å²) in [7, 11) is 0. The van der Waals surface area contributed by atoms with Gasteiger partial charge >= 0.3 is 0 Å². The van der Waals surface area contributed by atoms with Crippen LogP contribution in [0.5, 0.6) is 0 Å². The van der Waals surface area contributed by atoms with Crippen molar-refractivity contribution in [3.8, 4) is 10.8 Å². The lowest BCUT2D eigenvalue weighted by molar-refractivity contribution is -0.133. The second-order valence-electron chi connectivity index (χ2n) is 7.24. The molecule has 1 aliphatic rings. The van der Waals surface area contributed by atoms with Crippen LogP contribution in [-0.2, 0) is 11.3 Å². The topological polar surface area (TPSA) is 78.6 Å². The fourth-order valence-corrected chi connectivity index (χ4v) is 4.15. The maximum atomic E-state index is 13.0. The number of anilines is 1. The van der Waals surface area contributed by atoms with E-state index >= 15 is 0 Å². The Balaban J connectivity index is 1.31. The number of pyridine rings is 1. The summed E-state index contributed by atoms with van der Waals surface area (Å²) >= 11 is 1.55. The zero-order chi connectivity index (χ0) is 20.8. The van der Waals surface area contributed by atoms with Crippen LogP contribution in [0.15, 0.2) is 46.3 Å². The largest absolute Gasteiger partial charge is 0.418 e. The molecule has 1 aliphatic heterocycles. The molecule has 0 bridgehead atoms. The second-order valence-corrected chi connectivity index (χ2v) is 8.19. The summed E-state index contributed by atoms with van der Waals surface area (Å²) in [5, 5.41) is 10.2. The first kappa shape index (κ1) is 20.5. The number of nitrogens with zero attached hydrogens (tertiary/aromatic N) is 6. The molecule has 4 heterocycles. The maximum Gasteiger partial charge on any atom is 0.257 e.